The second-order valence-corrected chi connectivity index (χ2v) is 5.85. The van der Waals surface area contributed by atoms with Crippen LogP contribution in [0, 0.1) is 0 Å². The minimum Gasteiger partial charge on any atom is -0.390 e. The Labute approximate surface area is 130 Å². The lowest BCUT2D eigenvalue weighted by molar-refractivity contribution is 0.109. The van der Waals surface area contributed by atoms with E-state index in [1.165, 1.54) is 25.6 Å². The fraction of sp³-hybridized carbons (Fsp3) is 0.667. The fourth-order valence-corrected chi connectivity index (χ4v) is 2.90. The van der Waals surface area contributed by atoms with Gasteiger partial charge in [0.1, 0.15) is 12.1 Å². The van der Waals surface area contributed by atoms with Crippen molar-refractivity contribution >= 4 is 11.6 Å². The van der Waals surface area contributed by atoms with Gasteiger partial charge in [-0.1, -0.05) is 13.3 Å². The summed E-state index contributed by atoms with van der Waals surface area (Å²) in [5, 5.41) is 17.7. The molecule has 0 aliphatic carbocycles. The van der Waals surface area contributed by atoms with Crippen LogP contribution in [-0.2, 0) is 6.42 Å². The van der Waals surface area contributed by atoms with E-state index in [-0.39, 0.29) is 0 Å². The summed E-state index contributed by atoms with van der Waals surface area (Å²) in [5.41, 5.74) is 0.966. The number of rotatable bonds is 6. The van der Waals surface area contributed by atoms with Gasteiger partial charge in [0.05, 0.1) is 6.10 Å². The van der Waals surface area contributed by atoms with E-state index in [4.69, 9.17) is 0 Å². The number of hydrogen-bond donors (Lipinski definition) is 2. The second-order valence-electron chi connectivity index (χ2n) is 5.85. The number of likely N-dealkylation sites (tertiary alicyclic amines) is 1. The van der Waals surface area contributed by atoms with Crippen LogP contribution in [0.5, 0.6) is 0 Å². The van der Waals surface area contributed by atoms with E-state index >= 15 is 0 Å². The number of aromatic nitrogens is 4. The Bertz CT molecular complexity index is 607. The van der Waals surface area contributed by atoms with Crippen LogP contribution < -0.4 is 5.32 Å². The Morgan fingerprint density at radius 1 is 1.32 bits per heavy atom. The maximum absolute atomic E-state index is 10.2. The molecular weight excluding hydrogens is 280 g/mol. The molecule has 120 valence electrons. The molecule has 0 amide bonds. The number of aliphatic hydroxyl groups is 1. The standard InChI is InChI=1S/C15H24N6O/c1-2-12-8-14(21-15(19-12)17-11-18-21)16-9-13(22)10-20-6-4-3-5-7-20/h8,11,13,16,22H,2-7,9-10H2,1H3/t13-/m1/s1. The third-order valence-electron chi connectivity index (χ3n) is 4.10. The lowest BCUT2D eigenvalue weighted by atomic mass is 10.1. The Hall–Kier alpha value is -1.73. The van der Waals surface area contributed by atoms with Crippen LogP contribution in [0.25, 0.3) is 5.78 Å². The highest BCUT2D eigenvalue weighted by Gasteiger charge is 2.15. The summed E-state index contributed by atoms with van der Waals surface area (Å²) in [6.45, 7) is 5.47. The number of nitrogens with zero attached hydrogens (tertiary/aromatic N) is 5. The molecule has 0 unspecified atom stereocenters. The topological polar surface area (TPSA) is 78.6 Å². The summed E-state index contributed by atoms with van der Waals surface area (Å²) < 4.78 is 1.67. The fourth-order valence-electron chi connectivity index (χ4n) is 2.90. The molecule has 1 saturated heterocycles. The lowest BCUT2D eigenvalue weighted by Crippen LogP contribution is -2.39. The molecule has 3 rings (SSSR count). The zero-order chi connectivity index (χ0) is 15.4. The smallest absolute Gasteiger partial charge is 0.254 e. The molecule has 1 atom stereocenters. The van der Waals surface area contributed by atoms with Gasteiger partial charge in [-0.25, -0.2) is 4.98 Å². The molecule has 2 N–H and O–H groups in total. The summed E-state index contributed by atoms with van der Waals surface area (Å²) in [4.78, 5) is 10.9. The van der Waals surface area contributed by atoms with E-state index in [1.807, 2.05) is 6.07 Å². The van der Waals surface area contributed by atoms with Gasteiger partial charge < -0.3 is 15.3 Å². The molecule has 1 fully saturated rings. The first-order valence-corrected chi connectivity index (χ1v) is 8.10. The van der Waals surface area contributed by atoms with Crippen LogP contribution in [0.15, 0.2) is 12.4 Å². The average molecular weight is 304 g/mol. The van der Waals surface area contributed by atoms with E-state index in [0.717, 1.165) is 37.6 Å². The predicted molar refractivity (Wildman–Crippen MR) is 84.9 cm³/mol. The minimum absolute atomic E-state index is 0.394. The normalized spacial score (nSPS) is 17.7. The molecule has 0 saturated carbocycles. The first kappa shape index (κ1) is 15.2. The molecule has 2 aromatic rings. The van der Waals surface area contributed by atoms with Crippen molar-refractivity contribution in [1.82, 2.24) is 24.5 Å². The van der Waals surface area contributed by atoms with Crippen molar-refractivity contribution in [3.8, 4) is 0 Å². The van der Waals surface area contributed by atoms with Crippen molar-refractivity contribution in [2.45, 2.75) is 38.7 Å². The highest BCUT2D eigenvalue weighted by molar-refractivity contribution is 5.45. The summed E-state index contributed by atoms with van der Waals surface area (Å²) in [6, 6.07) is 1.97. The van der Waals surface area contributed by atoms with Crippen LogP contribution in [0.1, 0.15) is 31.9 Å². The Morgan fingerprint density at radius 3 is 2.91 bits per heavy atom. The molecule has 2 aromatic heterocycles. The SMILES string of the molecule is CCc1cc(NC[C@@H](O)CN2CCCCC2)n2ncnc2n1. The van der Waals surface area contributed by atoms with Gasteiger partial charge in [-0.15, -0.1) is 0 Å². The van der Waals surface area contributed by atoms with Crippen molar-refractivity contribution in [1.29, 1.82) is 0 Å². The summed E-state index contributed by atoms with van der Waals surface area (Å²) in [5.74, 6) is 1.42. The molecule has 1 aliphatic heterocycles. The number of nitrogens with one attached hydrogen (secondary N) is 1. The predicted octanol–water partition coefficient (Wildman–Crippen LogP) is 0.945. The average Bonchev–Trinajstić information content (AvgIpc) is 3.02. The number of fused-ring (bicyclic) bond motifs is 1. The van der Waals surface area contributed by atoms with Crippen LogP contribution in [0.3, 0.4) is 0 Å². The van der Waals surface area contributed by atoms with Crippen molar-refractivity contribution in [3.63, 3.8) is 0 Å². The Kier molecular flexibility index (Phi) is 4.84. The maximum atomic E-state index is 10.2. The summed E-state index contributed by atoms with van der Waals surface area (Å²) in [7, 11) is 0. The molecule has 0 spiro atoms. The molecule has 7 heteroatoms. The highest BCUT2D eigenvalue weighted by Crippen LogP contribution is 2.12. The van der Waals surface area contributed by atoms with Gasteiger partial charge in [-0.2, -0.15) is 14.6 Å². The van der Waals surface area contributed by atoms with Gasteiger partial charge in [0.2, 0.25) is 0 Å². The van der Waals surface area contributed by atoms with Crippen molar-refractivity contribution in [3.05, 3.63) is 18.1 Å². The van der Waals surface area contributed by atoms with Crippen molar-refractivity contribution < 1.29 is 5.11 Å². The summed E-state index contributed by atoms with van der Waals surface area (Å²) >= 11 is 0. The van der Waals surface area contributed by atoms with E-state index in [9.17, 15) is 5.11 Å². The Balaban J connectivity index is 1.61. The van der Waals surface area contributed by atoms with Crippen LogP contribution in [0.2, 0.25) is 0 Å². The molecule has 7 nitrogen and oxygen atoms in total. The number of anilines is 1. The van der Waals surface area contributed by atoms with E-state index in [2.05, 4.69) is 32.2 Å². The molecular formula is C15H24N6O. The molecule has 1 aliphatic rings. The van der Waals surface area contributed by atoms with E-state index in [0.29, 0.717) is 12.3 Å². The first-order chi connectivity index (χ1) is 10.8. The van der Waals surface area contributed by atoms with Crippen molar-refractivity contribution in [2.75, 3.05) is 31.5 Å². The van der Waals surface area contributed by atoms with Gasteiger partial charge >= 0.3 is 0 Å². The number of β-amino-alcohol motifs (C(OH)–C–C–N with tert-alkyl or cyclic N) is 1. The molecule has 0 radical (unpaired) electrons. The third-order valence-corrected chi connectivity index (χ3v) is 4.10. The van der Waals surface area contributed by atoms with Gasteiger partial charge in [-0.3, -0.25) is 0 Å². The molecule has 0 bridgehead atoms. The van der Waals surface area contributed by atoms with Crippen LogP contribution in [-0.4, -0.2) is 61.9 Å². The maximum Gasteiger partial charge on any atom is 0.254 e. The van der Waals surface area contributed by atoms with Gasteiger partial charge in [0.15, 0.2) is 0 Å². The van der Waals surface area contributed by atoms with Gasteiger partial charge in [0.25, 0.3) is 5.78 Å². The first-order valence-electron chi connectivity index (χ1n) is 8.10. The second kappa shape index (κ2) is 7.02. The highest BCUT2D eigenvalue weighted by atomic mass is 16.3. The third kappa shape index (κ3) is 3.53. The largest absolute Gasteiger partial charge is 0.390 e. The number of aliphatic hydroxyl groups excluding tert-OH is 1. The van der Waals surface area contributed by atoms with Gasteiger partial charge in [-0.05, 0) is 32.4 Å². The van der Waals surface area contributed by atoms with E-state index < -0.39 is 6.10 Å². The number of piperidine rings is 1. The zero-order valence-electron chi connectivity index (χ0n) is 13.1. The monoisotopic (exact) mass is 304 g/mol. The van der Waals surface area contributed by atoms with Crippen LogP contribution >= 0.6 is 0 Å². The number of aryl methyl sites for hydroxylation is 1. The summed E-state index contributed by atoms with van der Waals surface area (Å²) in [6.07, 6.45) is 5.74. The van der Waals surface area contributed by atoms with Gasteiger partial charge in [0, 0.05) is 24.8 Å². The van der Waals surface area contributed by atoms with Crippen molar-refractivity contribution in [2.24, 2.45) is 0 Å². The molecule has 0 aromatic carbocycles. The molecule has 3 heterocycles. The van der Waals surface area contributed by atoms with E-state index in [1.54, 1.807) is 4.52 Å². The quantitative estimate of drug-likeness (QED) is 0.827. The minimum atomic E-state index is -0.394. The lowest BCUT2D eigenvalue weighted by Gasteiger charge is -2.28. The molecule has 22 heavy (non-hydrogen) atoms. The Morgan fingerprint density at radius 2 is 2.14 bits per heavy atom. The zero-order valence-corrected chi connectivity index (χ0v) is 13.1. The number of hydrogen-bond acceptors (Lipinski definition) is 6. The van der Waals surface area contributed by atoms with Crippen LogP contribution in [0.4, 0.5) is 5.82 Å².